The topological polar surface area (TPSA) is 63.6 Å². The lowest BCUT2D eigenvalue weighted by Crippen LogP contribution is -3.00. The van der Waals surface area contributed by atoms with Crippen LogP contribution in [0.25, 0.3) is 0 Å². The molecular formula is C13H26INO4. The lowest BCUT2D eigenvalue weighted by molar-refractivity contribution is -0.870. The van der Waals surface area contributed by atoms with Crippen LogP contribution in [-0.2, 0) is 14.3 Å². The van der Waals surface area contributed by atoms with E-state index in [1.807, 2.05) is 0 Å². The van der Waals surface area contributed by atoms with Gasteiger partial charge in [0.15, 0.2) is 0 Å². The van der Waals surface area contributed by atoms with E-state index in [4.69, 9.17) is 9.84 Å². The van der Waals surface area contributed by atoms with Gasteiger partial charge in [-0.25, -0.2) is 0 Å². The smallest absolute Gasteiger partial charge is 0.305 e. The Morgan fingerprint density at radius 3 is 2.00 bits per heavy atom. The van der Waals surface area contributed by atoms with Gasteiger partial charge in [-0.2, -0.15) is 0 Å². The van der Waals surface area contributed by atoms with Crippen molar-refractivity contribution in [3.8, 4) is 0 Å². The van der Waals surface area contributed by atoms with E-state index < -0.39 is 5.97 Å². The summed E-state index contributed by atoms with van der Waals surface area (Å²) in [7, 11) is 6.16. The molecule has 0 aromatic carbocycles. The van der Waals surface area contributed by atoms with E-state index in [0.29, 0.717) is 19.4 Å². The molecule has 0 spiro atoms. The number of aliphatic carboxylic acids is 1. The van der Waals surface area contributed by atoms with Gasteiger partial charge >= 0.3 is 11.9 Å². The van der Waals surface area contributed by atoms with Crippen LogP contribution in [-0.4, -0.2) is 55.8 Å². The number of hydrogen-bond donors (Lipinski definition) is 1. The Labute approximate surface area is 132 Å². The largest absolute Gasteiger partial charge is 1.00 e. The Hall–Kier alpha value is -0.370. The fourth-order valence-corrected chi connectivity index (χ4v) is 1.40. The molecule has 19 heavy (non-hydrogen) atoms. The highest BCUT2D eigenvalue weighted by Gasteiger charge is 2.09. The first-order valence-corrected chi connectivity index (χ1v) is 6.49. The van der Waals surface area contributed by atoms with Crippen molar-refractivity contribution in [1.82, 2.24) is 0 Å². The fraction of sp³-hybridized carbons (Fsp3) is 0.846. The van der Waals surface area contributed by atoms with E-state index in [1.165, 1.54) is 0 Å². The number of carbonyl (C=O) groups is 2. The maximum Gasteiger partial charge on any atom is 0.305 e. The zero-order valence-corrected chi connectivity index (χ0v) is 14.3. The molecule has 0 heterocycles. The first-order chi connectivity index (χ1) is 8.31. The number of carboxylic acids is 1. The van der Waals surface area contributed by atoms with Crippen LogP contribution in [0, 0.1) is 0 Å². The number of halogens is 1. The van der Waals surface area contributed by atoms with Crippen molar-refractivity contribution >= 4 is 11.9 Å². The van der Waals surface area contributed by atoms with Crippen molar-refractivity contribution in [2.24, 2.45) is 0 Å². The van der Waals surface area contributed by atoms with Crippen molar-refractivity contribution < 1.29 is 47.9 Å². The molecule has 0 aromatic rings. The molecule has 0 radical (unpaired) electrons. The van der Waals surface area contributed by atoms with Crippen molar-refractivity contribution in [2.75, 3.05) is 34.3 Å². The minimum Gasteiger partial charge on any atom is -1.00 e. The summed E-state index contributed by atoms with van der Waals surface area (Å²) in [6.45, 7) is 1.27. The Morgan fingerprint density at radius 2 is 1.53 bits per heavy atom. The quantitative estimate of drug-likeness (QED) is 0.218. The highest BCUT2D eigenvalue weighted by Crippen LogP contribution is 2.06. The molecule has 0 bridgehead atoms. The number of carbonyl (C=O) groups excluding carboxylic acids is 1. The van der Waals surface area contributed by atoms with Gasteiger partial charge < -0.3 is 38.3 Å². The summed E-state index contributed by atoms with van der Waals surface area (Å²) in [4.78, 5) is 21.6. The minimum atomic E-state index is -0.755. The fourth-order valence-electron chi connectivity index (χ4n) is 1.40. The predicted octanol–water partition coefficient (Wildman–Crippen LogP) is -1.33. The van der Waals surface area contributed by atoms with Crippen LogP contribution in [0.1, 0.15) is 38.5 Å². The lowest BCUT2D eigenvalue weighted by atomic mass is 10.1. The number of quaternary nitrogens is 1. The van der Waals surface area contributed by atoms with E-state index >= 15 is 0 Å². The summed E-state index contributed by atoms with van der Waals surface area (Å²) >= 11 is 0. The number of carboxylic acid groups (broad SMARTS) is 1. The number of esters is 1. The second kappa shape index (κ2) is 11.5. The van der Waals surface area contributed by atoms with Crippen LogP contribution < -0.4 is 24.0 Å². The van der Waals surface area contributed by atoms with Crippen molar-refractivity contribution in [2.45, 2.75) is 38.5 Å². The molecule has 0 atom stereocenters. The van der Waals surface area contributed by atoms with E-state index in [2.05, 4.69) is 21.1 Å². The second-order valence-electron chi connectivity index (χ2n) is 5.54. The number of nitrogens with zero attached hydrogens (tertiary/aromatic N) is 1. The summed E-state index contributed by atoms with van der Waals surface area (Å²) in [6, 6.07) is 0. The van der Waals surface area contributed by atoms with E-state index in [1.54, 1.807) is 0 Å². The van der Waals surface area contributed by atoms with E-state index in [0.717, 1.165) is 30.3 Å². The zero-order valence-electron chi connectivity index (χ0n) is 12.2. The zero-order chi connectivity index (χ0) is 14.0. The molecular weight excluding hydrogens is 361 g/mol. The highest BCUT2D eigenvalue weighted by molar-refractivity contribution is 5.69. The van der Waals surface area contributed by atoms with Gasteiger partial charge in [-0.05, 0) is 12.8 Å². The van der Waals surface area contributed by atoms with Crippen molar-refractivity contribution in [3.05, 3.63) is 0 Å². The van der Waals surface area contributed by atoms with Gasteiger partial charge in [0.25, 0.3) is 0 Å². The van der Waals surface area contributed by atoms with E-state index in [-0.39, 0.29) is 36.4 Å². The Kier molecular flexibility index (Phi) is 12.6. The number of hydrogen-bond acceptors (Lipinski definition) is 3. The lowest BCUT2D eigenvalue weighted by Gasteiger charge is -2.23. The highest BCUT2D eigenvalue weighted by atomic mass is 127. The van der Waals surface area contributed by atoms with Gasteiger partial charge in [0, 0.05) is 12.8 Å². The molecule has 114 valence electrons. The van der Waals surface area contributed by atoms with Crippen LogP contribution in [0.5, 0.6) is 0 Å². The summed E-state index contributed by atoms with van der Waals surface area (Å²) < 4.78 is 5.89. The molecule has 0 rings (SSSR count). The Balaban J connectivity index is 0. The van der Waals surface area contributed by atoms with Gasteiger partial charge in [-0.1, -0.05) is 12.8 Å². The summed E-state index contributed by atoms with van der Waals surface area (Å²) in [5.41, 5.74) is 0. The van der Waals surface area contributed by atoms with Gasteiger partial charge in [-0.3, -0.25) is 9.59 Å². The minimum absolute atomic E-state index is 0. The monoisotopic (exact) mass is 387 g/mol. The van der Waals surface area contributed by atoms with Crippen molar-refractivity contribution in [1.29, 1.82) is 0 Å². The van der Waals surface area contributed by atoms with Crippen molar-refractivity contribution in [3.63, 3.8) is 0 Å². The van der Waals surface area contributed by atoms with Crippen LogP contribution in [0.3, 0.4) is 0 Å². The number of rotatable bonds is 10. The average Bonchev–Trinajstić information content (AvgIpc) is 2.20. The third kappa shape index (κ3) is 17.6. The van der Waals surface area contributed by atoms with Crippen LogP contribution >= 0.6 is 0 Å². The van der Waals surface area contributed by atoms with Crippen LogP contribution in [0.4, 0.5) is 0 Å². The molecule has 0 aromatic heterocycles. The third-order valence-electron chi connectivity index (χ3n) is 2.55. The number of likely N-dealkylation sites (N-methyl/N-ethyl adjacent to an activating group) is 1. The summed E-state index contributed by atoms with van der Waals surface area (Å²) in [6.07, 6.45) is 3.86. The first-order valence-electron chi connectivity index (χ1n) is 6.49. The molecule has 1 N–H and O–H groups in total. The molecule has 0 fully saturated rings. The maximum atomic E-state index is 11.3. The standard InChI is InChI=1S/C13H25NO4.HI/c1-14(2,3)10-11-18-13(17)9-7-5-4-6-8-12(15)16;/h4-11H2,1-3H3;1H. The van der Waals surface area contributed by atoms with Gasteiger partial charge in [0.05, 0.1) is 21.1 Å². The maximum absolute atomic E-state index is 11.3. The molecule has 0 aliphatic heterocycles. The molecule has 6 heteroatoms. The molecule has 0 saturated carbocycles. The normalized spacial score (nSPS) is 10.7. The Morgan fingerprint density at radius 1 is 1.00 bits per heavy atom. The third-order valence-corrected chi connectivity index (χ3v) is 2.55. The SMILES string of the molecule is C[N+](C)(C)CCOC(=O)CCCCCCC(=O)O.[I-]. The first kappa shape index (κ1) is 20.9. The molecule has 0 aliphatic carbocycles. The van der Waals surface area contributed by atoms with Crippen LogP contribution in [0.15, 0.2) is 0 Å². The van der Waals surface area contributed by atoms with Gasteiger partial charge in [0.2, 0.25) is 0 Å². The molecule has 0 amide bonds. The van der Waals surface area contributed by atoms with E-state index in [9.17, 15) is 9.59 Å². The summed E-state index contributed by atoms with van der Waals surface area (Å²) in [5.74, 6) is -0.906. The number of ether oxygens (including phenoxy) is 1. The van der Waals surface area contributed by atoms with Gasteiger partial charge in [-0.15, -0.1) is 0 Å². The Bertz CT molecular complexity index is 264. The molecule has 5 nitrogen and oxygen atoms in total. The number of unbranched alkanes of at least 4 members (excludes halogenated alkanes) is 3. The molecule has 0 aliphatic rings. The van der Waals surface area contributed by atoms with Gasteiger partial charge in [0.1, 0.15) is 13.2 Å². The molecule has 0 unspecified atom stereocenters. The summed E-state index contributed by atoms with van der Waals surface area (Å²) in [5, 5.41) is 8.45. The average molecular weight is 387 g/mol. The van der Waals surface area contributed by atoms with Crippen LogP contribution in [0.2, 0.25) is 0 Å². The molecule has 0 saturated heterocycles. The predicted molar refractivity (Wildman–Crippen MR) is 69.2 cm³/mol. The second-order valence-corrected chi connectivity index (χ2v) is 5.54.